The fourth-order valence-corrected chi connectivity index (χ4v) is 2.71. The Hall–Kier alpha value is -3.24. The molecular formula is C22H27N3O4. The van der Waals surface area contributed by atoms with Crippen LogP contribution in [0, 0.1) is 11.3 Å². The number of benzene rings is 2. The maximum absolute atomic E-state index is 12.2. The number of carbonyl (C=O) groups is 1. The highest BCUT2D eigenvalue weighted by Crippen LogP contribution is 2.35. The van der Waals surface area contributed by atoms with Gasteiger partial charge in [0.2, 0.25) is 0 Å². The summed E-state index contributed by atoms with van der Waals surface area (Å²) in [6, 6.07) is 13.8. The van der Waals surface area contributed by atoms with Gasteiger partial charge in [-0.1, -0.05) is 6.07 Å². The minimum atomic E-state index is -1.40. The Bertz CT molecular complexity index is 875. The molecule has 0 aromatic heterocycles. The molecule has 0 amide bonds. The van der Waals surface area contributed by atoms with Crippen LogP contribution in [0.2, 0.25) is 0 Å². The van der Waals surface area contributed by atoms with E-state index >= 15 is 0 Å². The minimum absolute atomic E-state index is 0.431. The van der Waals surface area contributed by atoms with Gasteiger partial charge >= 0.3 is 5.97 Å². The number of hydrogen-bond acceptors (Lipinski definition) is 6. The summed E-state index contributed by atoms with van der Waals surface area (Å²) in [6.45, 7) is 5.12. The van der Waals surface area contributed by atoms with Crippen molar-refractivity contribution in [2.75, 3.05) is 39.2 Å². The molecule has 0 heterocycles. The molecule has 2 rings (SSSR count). The number of anilines is 1. The number of nitrogens with one attached hydrogen (secondary N) is 1. The molecule has 1 atom stereocenters. The largest absolute Gasteiger partial charge is 0.490 e. The molecule has 0 saturated heterocycles. The number of hydrogen-bond donors (Lipinski definition) is 2. The molecule has 0 aliphatic rings. The summed E-state index contributed by atoms with van der Waals surface area (Å²) in [6.07, 6.45) is 0. The van der Waals surface area contributed by atoms with E-state index in [0.717, 1.165) is 6.54 Å². The molecule has 0 bridgehead atoms. The number of nitrogens with zero attached hydrogens (tertiary/aromatic N) is 2. The van der Waals surface area contributed by atoms with Gasteiger partial charge in [-0.2, -0.15) is 5.26 Å². The number of aliphatic carboxylic acids is 1. The highest BCUT2D eigenvalue weighted by molar-refractivity contribution is 5.84. The zero-order valence-corrected chi connectivity index (χ0v) is 17.2. The van der Waals surface area contributed by atoms with E-state index in [-0.39, 0.29) is 0 Å². The van der Waals surface area contributed by atoms with Gasteiger partial charge in [0.25, 0.3) is 0 Å². The van der Waals surface area contributed by atoms with Gasteiger partial charge in [0.05, 0.1) is 18.2 Å². The second-order valence-electron chi connectivity index (χ2n) is 6.99. The van der Waals surface area contributed by atoms with Crippen molar-refractivity contribution in [1.82, 2.24) is 4.90 Å². The molecule has 7 heteroatoms. The van der Waals surface area contributed by atoms with Crippen molar-refractivity contribution in [1.29, 1.82) is 5.26 Å². The molecule has 0 aliphatic heterocycles. The SMILES string of the molecule is CCOc1cc(C(C)(Nc2ccc(C#N)cc2)C(=O)O)ccc1OCCN(C)C. The summed E-state index contributed by atoms with van der Waals surface area (Å²) in [5, 5.41) is 21.9. The van der Waals surface area contributed by atoms with Crippen LogP contribution in [-0.4, -0.2) is 49.8 Å². The number of rotatable bonds is 10. The molecule has 7 nitrogen and oxygen atoms in total. The van der Waals surface area contributed by atoms with Gasteiger partial charge in [-0.3, -0.25) is 0 Å². The van der Waals surface area contributed by atoms with Crippen molar-refractivity contribution >= 4 is 11.7 Å². The Kier molecular flexibility index (Phi) is 7.46. The molecule has 154 valence electrons. The maximum atomic E-state index is 12.2. The third-order valence-electron chi connectivity index (χ3n) is 4.45. The maximum Gasteiger partial charge on any atom is 0.333 e. The molecule has 2 aromatic carbocycles. The fraction of sp³-hybridized carbons (Fsp3) is 0.364. The van der Waals surface area contributed by atoms with E-state index in [2.05, 4.69) is 5.32 Å². The van der Waals surface area contributed by atoms with Gasteiger partial charge in [0, 0.05) is 12.2 Å². The standard InChI is InChI=1S/C22H27N3O4/c1-5-28-20-14-17(8-11-19(20)29-13-12-25(3)4)22(2,21(26)27)24-18-9-6-16(15-23)7-10-18/h6-11,14,24H,5,12-13H2,1-4H3,(H,26,27). The van der Waals surface area contributed by atoms with Gasteiger partial charge in [0.15, 0.2) is 17.0 Å². The Morgan fingerprint density at radius 3 is 2.41 bits per heavy atom. The lowest BCUT2D eigenvalue weighted by molar-refractivity contribution is -0.142. The van der Waals surface area contributed by atoms with E-state index < -0.39 is 11.5 Å². The monoisotopic (exact) mass is 397 g/mol. The molecule has 0 radical (unpaired) electrons. The van der Waals surface area contributed by atoms with Crippen molar-refractivity contribution in [3.63, 3.8) is 0 Å². The summed E-state index contributed by atoms with van der Waals surface area (Å²) >= 11 is 0. The lowest BCUT2D eigenvalue weighted by atomic mass is 9.91. The predicted molar refractivity (Wildman–Crippen MR) is 111 cm³/mol. The summed E-state index contributed by atoms with van der Waals surface area (Å²) in [5.41, 5.74) is 0.226. The number of carboxylic acid groups (broad SMARTS) is 1. The van der Waals surface area contributed by atoms with E-state index in [1.165, 1.54) is 0 Å². The number of carboxylic acids is 1. The zero-order chi connectivity index (χ0) is 21.4. The van der Waals surface area contributed by atoms with Gasteiger partial charge in [-0.05, 0) is 69.9 Å². The van der Waals surface area contributed by atoms with Gasteiger partial charge < -0.3 is 24.8 Å². The summed E-state index contributed by atoms with van der Waals surface area (Å²) in [4.78, 5) is 14.2. The van der Waals surface area contributed by atoms with Gasteiger partial charge in [-0.25, -0.2) is 4.79 Å². The summed E-state index contributed by atoms with van der Waals surface area (Å²) < 4.78 is 11.5. The first-order valence-electron chi connectivity index (χ1n) is 9.36. The predicted octanol–water partition coefficient (Wildman–Crippen LogP) is 3.31. The van der Waals surface area contributed by atoms with Gasteiger partial charge in [0.1, 0.15) is 6.61 Å². The van der Waals surface area contributed by atoms with E-state index in [4.69, 9.17) is 14.7 Å². The smallest absolute Gasteiger partial charge is 0.333 e. The number of likely N-dealkylation sites (N-methyl/N-ethyl adjacent to an activating group) is 1. The highest BCUT2D eigenvalue weighted by Gasteiger charge is 2.36. The molecule has 0 saturated carbocycles. The first-order chi connectivity index (χ1) is 13.8. The minimum Gasteiger partial charge on any atom is -0.490 e. The Morgan fingerprint density at radius 2 is 1.86 bits per heavy atom. The fourth-order valence-electron chi connectivity index (χ4n) is 2.71. The molecule has 2 aromatic rings. The third kappa shape index (κ3) is 5.62. The zero-order valence-electron chi connectivity index (χ0n) is 17.2. The Labute approximate surface area is 171 Å². The quantitative estimate of drug-likeness (QED) is 0.635. The van der Waals surface area contributed by atoms with Crippen LogP contribution in [0.4, 0.5) is 5.69 Å². The second-order valence-corrected chi connectivity index (χ2v) is 6.99. The van der Waals surface area contributed by atoms with Crippen LogP contribution in [0.25, 0.3) is 0 Å². The van der Waals surface area contributed by atoms with Crippen molar-refractivity contribution < 1.29 is 19.4 Å². The van der Waals surface area contributed by atoms with E-state index in [1.54, 1.807) is 49.4 Å². The van der Waals surface area contributed by atoms with Crippen LogP contribution in [0.1, 0.15) is 25.0 Å². The molecular weight excluding hydrogens is 370 g/mol. The van der Waals surface area contributed by atoms with Crippen LogP contribution < -0.4 is 14.8 Å². The lowest BCUT2D eigenvalue weighted by Crippen LogP contribution is -2.40. The van der Waals surface area contributed by atoms with Crippen LogP contribution >= 0.6 is 0 Å². The molecule has 0 aliphatic carbocycles. The molecule has 2 N–H and O–H groups in total. The van der Waals surface area contributed by atoms with Crippen LogP contribution in [0.3, 0.4) is 0 Å². The van der Waals surface area contributed by atoms with E-state index in [1.807, 2.05) is 32.0 Å². The van der Waals surface area contributed by atoms with Crippen molar-refractivity contribution in [3.8, 4) is 17.6 Å². The van der Waals surface area contributed by atoms with Crippen LogP contribution in [0.15, 0.2) is 42.5 Å². The van der Waals surface area contributed by atoms with Crippen LogP contribution in [0.5, 0.6) is 11.5 Å². The van der Waals surface area contributed by atoms with Crippen molar-refractivity contribution in [2.24, 2.45) is 0 Å². The number of ether oxygens (including phenoxy) is 2. The van der Waals surface area contributed by atoms with Crippen molar-refractivity contribution in [3.05, 3.63) is 53.6 Å². The average molecular weight is 397 g/mol. The van der Waals surface area contributed by atoms with E-state index in [0.29, 0.717) is 41.5 Å². The lowest BCUT2D eigenvalue weighted by Gasteiger charge is -2.29. The Morgan fingerprint density at radius 1 is 1.17 bits per heavy atom. The Balaban J connectivity index is 2.34. The van der Waals surface area contributed by atoms with Gasteiger partial charge in [-0.15, -0.1) is 0 Å². The summed E-state index contributed by atoms with van der Waals surface area (Å²) in [7, 11) is 3.92. The molecule has 0 fully saturated rings. The van der Waals surface area contributed by atoms with E-state index in [9.17, 15) is 9.90 Å². The van der Waals surface area contributed by atoms with Crippen molar-refractivity contribution in [2.45, 2.75) is 19.4 Å². The normalized spacial score (nSPS) is 12.7. The first-order valence-corrected chi connectivity index (χ1v) is 9.36. The third-order valence-corrected chi connectivity index (χ3v) is 4.45. The topological polar surface area (TPSA) is 94.8 Å². The average Bonchev–Trinajstić information content (AvgIpc) is 2.69. The second kappa shape index (κ2) is 9.80. The number of nitriles is 1. The molecule has 0 spiro atoms. The molecule has 1 unspecified atom stereocenters. The molecule has 29 heavy (non-hydrogen) atoms. The first kappa shape index (κ1) is 22.1. The van der Waals surface area contributed by atoms with Crippen LogP contribution in [-0.2, 0) is 10.3 Å². The highest BCUT2D eigenvalue weighted by atomic mass is 16.5. The summed E-state index contributed by atoms with van der Waals surface area (Å²) in [5.74, 6) is 0.0343.